The minimum Gasteiger partial charge on any atom is -0.309 e. The fourth-order valence-electron chi connectivity index (χ4n) is 8.39. The Bertz CT molecular complexity index is 2370. The van der Waals surface area contributed by atoms with Crippen LogP contribution in [-0.4, -0.2) is 12.6 Å². The summed E-state index contributed by atoms with van der Waals surface area (Å²) in [5, 5.41) is 8.29. The molecule has 0 radical (unpaired) electrons. The van der Waals surface area contributed by atoms with Gasteiger partial charge in [0.15, 0.2) is 8.07 Å². The van der Waals surface area contributed by atoms with E-state index in [1.165, 1.54) is 76.1 Å². The molecule has 0 atom stereocenters. The molecule has 0 amide bonds. The van der Waals surface area contributed by atoms with Gasteiger partial charge in [-0.25, -0.2) is 0 Å². The molecule has 8 aromatic rings. The van der Waals surface area contributed by atoms with Crippen LogP contribution < -0.4 is 20.7 Å². The molecule has 1 aromatic heterocycles. The molecule has 0 saturated carbocycles. The number of hydrogen-bond acceptors (Lipinski definition) is 0. The fourth-order valence-corrected chi connectivity index (χ4v) is 13.2. The van der Waals surface area contributed by atoms with Crippen molar-refractivity contribution < 1.29 is 0 Å². The van der Waals surface area contributed by atoms with Gasteiger partial charge in [0.05, 0.1) is 11.0 Å². The zero-order chi connectivity index (χ0) is 33.2. The van der Waals surface area contributed by atoms with Gasteiger partial charge < -0.3 is 4.57 Å². The molecule has 0 N–H and O–H groups in total. The van der Waals surface area contributed by atoms with Crippen molar-refractivity contribution in [1.29, 1.82) is 0 Å². The maximum Gasteiger partial charge on any atom is 0.179 e. The second kappa shape index (κ2) is 11.3. The molecular weight excluding hydrogens is 607 g/mol. The van der Waals surface area contributed by atoms with Crippen LogP contribution in [0.2, 0.25) is 0 Å². The minimum atomic E-state index is -2.64. The highest BCUT2D eigenvalue weighted by molar-refractivity contribution is 7.19. The number of nitrogens with zero attached hydrogens (tertiary/aromatic N) is 1. The average molecular weight is 646 g/mol. The Labute approximate surface area is 290 Å². The third-order valence-electron chi connectivity index (χ3n) is 10.7. The largest absolute Gasteiger partial charge is 0.309 e. The van der Waals surface area contributed by atoms with Gasteiger partial charge in [0.25, 0.3) is 0 Å². The van der Waals surface area contributed by atoms with Gasteiger partial charge in [-0.05, 0) is 78.2 Å². The Hall–Kier alpha value is -5.44. The van der Waals surface area contributed by atoms with Crippen LogP contribution >= 0.6 is 0 Å². The first-order valence-electron chi connectivity index (χ1n) is 17.4. The lowest BCUT2D eigenvalue weighted by Gasteiger charge is -2.34. The second-order valence-corrected chi connectivity index (χ2v) is 18.3. The molecule has 1 heterocycles. The number of hydrogen-bond donors (Lipinski definition) is 0. The molecule has 1 nitrogen and oxygen atoms in total. The van der Waals surface area contributed by atoms with Crippen LogP contribution in [0.3, 0.4) is 0 Å². The van der Waals surface area contributed by atoms with Crippen molar-refractivity contribution in [3.05, 3.63) is 187 Å². The summed E-state index contributed by atoms with van der Waals surface area (Å²) in [6.45, 7) is 6.92. The lowest BCUT2D eigenvalue weighted by Crippen LogP contribution is -2.74. The first kappa shape index (κ1) is 29.7. The van der Waals surface area contributed by atoms with E-state index in [4.69, 9.17) is 0 Å². The van der Waals surface area contributed by atoms with E-state index in [2.05, 4.69) is 195 Å². The molecule has 0 spiro atoms. The lowest BCUT2D eigenvalue weighted by atomic mass is 9.86. The van der Waals surface area contributed by atoms with Crippen LogP contribution in [0.4, 0.5) is 0 Å². The number of benzene rings is 7. The molecule has 9 rings (SSSR count). The van der Waals surface area contributed by atoms with Crippen LogP contribution in [-0.2, 0) is 11.8 Å². The molecule has 0 bridgehead atoms. The Morgan fingerprint density at radius 2 is 1.06 bits per heavy atom. The zero-order valence-electron chi connectivity index (χ0n) is 28.3. The Morgan fingerprint density at radius 1 is 0.490 bits per heavy atom. The van der Waals surface area contributed by atoms with Crippen molar-refractivity contribution in [2.45, 2.75) is 32.6 Å². The van der Waals surface area contributed by atoms with E-state index in [-0.39, 0.29) is 5.41 Å². The third kappa shape index (κ3) is 4.59. The molecule has 0 unspecified atom stereocenters. The van der Waals surface area contributed by atoms with Crippen molar-refractivity contribution in [3.63, 3.8) is 0 Å². The Kier molecular flexibility index (Phi) is 6.86. The van der Waals surface area contributed by atoms with E-state index in [9.17, 15) is 0 Å². The van der Waals surface area contributed by atoms with E-state index in [1.54, 1.807) is 0 Å². The van der Waals surface area contributed by atoms with Crippen LogP contribution in [0.5, 0.6) is 0 Å². The van der Waals surface area contributed by atoms with Crippen molar-refractivity contribution in [1.82, 2.24) is 4.57 Å². The molecule has 236 valence electrons. The van der Waals surface area contributed by atoms with E-state index >= 15 is 0 Å². The first-order valence-corrected chi connectivity index (χ1v) is 19.4. The Morgan fingerprint density at radius 3 is 1.63 bits per heavy atom. The Balaban J connectivity index is 1.33. The summed E-state index contributed by atoms with van der Waals surface area (Å²) < 4.78 is 2.51. The molecular formula is C47H39NSi. The quantitative estimate of drug-likeness (QED) is 0.130. The van der Waals surface area contributed by atoms with Crippen molar-refractivity contribution in [2.24, 2.45) is 0 Å². The molecule has 7 aromatic carbocycles. The molecule has 0 fully saturated rings. The van der Waals surface area contributed by atoms with Gasteiger partial charge in [0.1, 0.15) is 0 Å². The third-order valence-corrected chi connectivity index (χ3v) is 15.5. The fraction of sp³-hybridized carbons (Fsp3) is 0.106. The van der Waals surface area contributed by atoms with E-state index in [1.807, 2.05) is 0 Å². The summed E-state index contributed by atoms with van der Waals surface area (Å²) in [6, 6.07) is 64.0. The van der Waals surface area contributed by atoms with Gasteiger partial charge in [0, 0.05) is 22.9 Å². The molecule has 0 saturated heterocycles. The monoisotopic (exact) mass is 645 g/mol. The average Bonchev–Trinajstić information content (AvgIpc) is 3.69. The van der Waals surface area contributed by atoms with Crippen LogP contribution in [0.25, 0.3) is 38.6 Å². The predicted molar refractivity (Wildman–Crippen MR) is 211 cm³/mol. The van der Waals surface area contributed by atoms with Crippen molar-refractivity contribution in [2.75, 3.05) is 0 Å². The summed E-state index contributed by atoms with van der Waals surface area (Å²) in [7, 11) is -2.64. The minimum absolute atomic E-state index is 0.0748. The maximum atomic E-state index is 2.56. The summed E-state index contributed by atoms with van der Waals surface area (Å²) in [5.74, 6) is 0. The van der Waals surface area contributed by atoms with E-state index in [0.29, 0.717) is 0 Å². The van der Waals surface area contributed by atoms with E-state index < -0.39 is 8.07 Å². The molecule has 1 aliphatic carbocycles. The lowest BCUT2D eigenvalue weighted by molar-refractivity contribution is 0.591. The topological polar surface area (TPSA) is 4.93 Å². The van der Waals surface area contributed by atoms with Crippen molar-refractivity contribution in [3.8, 4) is 16.8 Å². The standard InChI is InChI=1S/C47H39NSi/c1-47(2,3)34-25-29-45-43(31-34)41-28-27-40-42-32-39(26-24-33(42)30-44(40)46(41)48(45)35-16-8-4-9-17-35)49(36-18-10-5-11-19-36,37-20-12-6-13-21-37)38-22-14-7-15-23-38/h4-29,31-32H,30H2,1-3H3. The molecule has 2 heteroatoms. The van der Waals surface area contributed by atoms with Crippen LogP contribution in [0.15, 0.2) is 170 Å². The van der Waals surface area contributed by atoms with Crippen LogP contribution in [0, 0.1) is 0 Å². The smallest absolute Gasteiger partial charge is 0.179 e. The highest BCUT2D eigenvalue weighted by atomic mass is 28.3. The van der Waals surface area contributed by atoms with Gasteiger partial charge in [-0.1, -0.05) is 166 Å². The number of aromatic nitrogens is 1. The maximum absolute atomic E-state index is 2.64. The summed E-state index contributed by atoms with van der Waals surface area (Å²) in [4.78, 5) is 0. The van der Waals surface area contributed by atoms with Gasteiger partial charge >= 0.3 is 0 Å². The summed E-state index contributed by atoms with van der Waals surface area (Å²) in [6.07, 6.45) is 0.925. The summed E-state index contributed by atoms with van der Waals surface area (Å²) in [5.41, 5.74) is 10.8. The molecule has 1 aliphatic rings. The normalized spacial score (nSPS) is 12.7. The predicted octanol–water partition coefficient (Wildman–Crippen LogP) is 9.03. The highest BCUT2D eigenvalue weighted by Crippen LogP contribution is 2.44. The first-order chi connectivity index (χ1) is 23.9. The molecule has 49 heavy (non-hydrogen) atoms. The summed E-state index contributed by atoms with van der Waals surface area (Å²) >= 11 is 0. The highest BCUT2D eigenvalue weighted by Gasteiger charge is 2.42. The van der Waals surface area contributed by atoms with Crippen LogP contribution in [0.1, 0.15) is 37.5 Å². The number of fused-ring (bicyclic) bond motifs is 7. The van der Waals surface area contributed by atoms with E-state index in [0.717, 1.165) is 6.42 Å². The number of para-hydroxylation sites is 1. The second-order valence-electron chi connectivity index (χ2n) is 14.5. The van der Waals surface area contributed by atoms with Gasteiger partial charge in [-0.15, -0.1) is 0 Å². The molecule has 0 aliphatic heterocycles. The van der Waals surface area contributed by atoms with Gasteiger partial charge in [-0.3, -0.25) is 0 Å². The van der Waals surface area contributed by atoms with Gasteiger partial charge in [-0.2, -0.15) is 0 Å². The van der Waals surface area contributed by atoms with Crippen molar-refractivity contribution >= 4 is 50.6 Å². The zero-order valence-corrected chi connectivity index (χ0v) is 29.3. The van der Waals surface area contributed by atoms with Gasteiger partial charge in [0.2, 0.25) is 0 Å². The SMILES string of the molecule is CC(C)(C)c1ccc2c(c1)c1ccc3c(c1n2-c1ccccc1)Cc1ccc([Si](c2ccccc2)(c2ccccc2)c2ccccc2)cc1-3. The number of rotatable bonds is 5.